The molecule has 20 heavy (non-hydrogen) atoms. The van der Waals surface area contributed by atoms with Crippen LogP contribution in [0.4, 0.5) is 5.82 Å². The third-order valence-electron chi connectivity index (χ3n) is 3.70. The van der Waals surface area contributed by atoms with Crippen LogP contribution >= 0.6 is 27.7 Å². The lowest BCUT2D eigenvalue weighted by Crippen LogP contribution is -2.34. The van der Waals surface area contributed by atoms with Crippen LogP contribution < -0.4 is 5.32 Å². The van der Waals surface area contributed by atoms with E-state index in [1.807, 2.05) is 17.8 Å². The summed E-state index contributed by atoms with van der Waals surface area (Å²) >= 11 is 5.48. The zero-order valence-corrected chi connectivity index (χ0v) is 15.1. The van der Waals surface area contributed by atoms with Crippen molar-refractivity contribution in [2.45, 2.75) is 63.2 Å². The van der Waals surface area contributed by atoms with Crippen molar-refractivity contribution in [2.75, 3.05) is 11.6 Å². The molecule has 0 aliphatic heterocycles. The summed E-state index contributed by atoms with van der Waals surface area (Å²) in [5.74, 6) is 1.83. The number of rotatable bonds is 3. The molecule has 0 radical (unpaired) electrons. The molecule has 1 aromatic heterocycles. The molecule has 2 rings (SSSR count). The standard InChI is InChI=1S/C15H24BrN3S/c1-15(2,3)14-18-12(16)9-13(19-14)17-10-7-5-6-8-11(10)20-4/h9-11H,5-8H2,1-4H3,(H,17,18,19). The second kappa shape index (κ2) is 6.65. The topological polar surface area (TPSA) is 37.8 Å². The van der Waals surface area contributed by atoms with Crippen molar-refractivity contribution >= 4 is 33.5 Å². The lowest BCUT2D eigenvalue weighted by atomic mass is 9.94. The molecular weight excluding hydrogens is 334 g/mol. The molecule has 0 bridgehead atoms. The molecule has 1 N–H and O–H groups in total. The van der Waals surface area contributed by atoms with E-state index in [1.165, 1.54) is 25.7 Å². The molecule has 3 nitrogen and oxygen atoms in total. The summed E-state index contributed by atoms with van der Waals surface area (Å²) in [5.41, 5.74) is -0.0360. The van der Waals surface area contributed by atoms with Gasteiger partial charge < -0.3 is 5.32 Å². The minimum atomic E-state index is -0.0360. The molecular formula is C15H24BrN3S. The molecule has 1 aliphatic rings. The smallest absolute Gasteiger partial charge is 0.137 e. The number of hydrogen-bond donors (Lipinski definition) is 1. The Morgan fingerprint density at radius 3 is 2.60 bits per heavy atom. The van der Waals surface area contributed by atoms with Crippen molar-refractivity contribution in [3.05, 3.63) is 16.5 Å². The highest BCUT2D eigenvalue weighted by Gasteiger charge is 2.25. The van der Waals surface area contributed by atoms with Gasteiger partial charge in [-0.2, -0.15) is 11.8 Å². The summed E-state index contributed by atoms with van der Waals surface area (Å²) in [7, 11) is 0. The molecule has 5 heteroatoms. The van der Waals surface area contributed by atoms with E-state index < -0.39 is 0 Å². The average molecular weight is 358 g/mol. The third-order valence-corrected chi connectivity index (χ3v) is 5.28. The van der Waals surface area contributed by atoms with Gasteiger partial charge in [-0.05, 0) is 35.0 Å². The van der Waals surface area contributed by atoms with Gasteiger partial charge >= 0.3 is 0 Å². The predicted octanol–water partition coefficient (Wildman–Crippen LogP) is 4.62. The SMILES string of the molecule is CSC1CCCCC1Nc1cc(Br)nc(C(C)(C)C)n1. The maximum absolute atomic E-state index is 4.71. The van der Waals surface area contributed by atoms with E-state index in [2.05, 4.69) is 53.3 Å². The van der Waals surface area contributed by atoms with Gasteiger partial charge in [-0.25, -0.2) is 9.97 Å². The van der Waals surface area contributed by atoms with Crippen molar-refractivity contribution in [1.82, 2.24) is 9.97 Å². The monoisotopic (exact) mass is 357 g/mol. The molecule has 0 saturated heterocycles. The first-order chi connectivity index (χ1) is 9.40. The van der Waals surface area contributed by atoms with Crippen LogP contribution in [0.25, 0.3) is 0 Å². The Morgan fingerprint density at radius 1 is 1.25 bits per heavy atom. The summed E-state index contributed by atoms with van der Waals surface area (Å²) in [4.78, 5) is 9.20. The van der Waals surface area contributed by atoms with E-state index in [-0.39, 0.29) is 5.41 Å². The summed E-state index contributed by atoms with van der Waals surface area (Å²) in [6.07, 6.45) is 7.41. The highest BCUT2D eigenvalue weighted by atomic mass is 79.9. The van der Waals surface area contributed by atoms with Gasteiger partial charge in [0.1, 0.15) is 16.2 Å². The van der Waals surface area contributed by atoms with Crippen molar-refractivity contribution in [1.29, 1.82) is 0 Å². The normalized spacial score (nSPS) is 23.6. The minimum Gasteiger partial charge on any atom is -0.366 e. The Morgan fingerprint density at radius 2 is 1.95 bits per heavy atom. The number of halogens is 1. The zero-order chi connectivity index (χ0) is 14.8. The fraction of sp³-hybridized carbons (Fsp3) is 0.733. The van der Waals surface area contributed by atoms with Crippen LogP contribution in [0.5, 0.6) is 0 Å². The van der Waals surface area contributed by atoms with E-state index in [0.29, 0.717) is 11.3 Å². The van der Waals surface area contributed by atoms with Gasteiger partial charge in [0.15, 0.2) is 0 Å². The largest absolute Gasteiger partial charge is 0.366 e. The first-order valence-electron chi connectivity index (χ1n) is 7.24. The van der Waals surface area contributed by atoms with Gasteiger partial charge in [-0.15, -0.1) is 0 Å². The van der Waals surface area contributed by atoms with Crippen LogP contribution in [0.2, 0.25) is 0 Å². The Bertz CT molecular complexity index is 459. The molecule has 112 valence electrons. The molecule has 0 spiro atoms. The number of nitrogens with zero attached hydrogens (tertiary/aromatic N) is 2. The molecule has 1 saturated carbocycles. The number of thioether (sulfide) groups is 1. The van der Waals surface area contributed by atoms with Gasteiger partial charge in [0.05, 0.1) is 0 Å². The van der Waals surface area contributed by atoms with E-state index in [4.69, 9.17) is 4.98 Å². The molecule has 1 aliphatic carbocycles. The van der Waals surface area contributed by atoms with Crippen molar-refractivity contribution < 1.29 is 0 Å². The quantitative estimate of drug-likeness (QED) is 0.800. The molecule has 0 aromatic carbocycles. The predicted molar refractivity (Wildman–Crippen MR) is 91.6 cm³/mol. The van der Waals surface area contributed by atoms with Gasteiger partial charge in [0.2, 0.25) is 0 Å². The molecule has 1 fully saturated rings. The van der Waals surface area contributed by atoms with Crippen LogP contribution in [-0.4, -0.2) is 27.5 Å². The van der Waals surface area contributed by atoms with Crippen molar-refractivity contribution in [2.24, 2.45) is 0 Å². The van der Waals surface area contributed by atoms with Crippen LogP contribution in [0.15, 0.2) is 10.7 Å². The number of nitrogens with one attached hydrogen (secondary N) is 1. The van der Waals surface area contributed by atoms with Crippen molar-refractivity contribution in [3.63, 3.8) is 0 Å². The summed E-state index contributed by atoms with van der Waals surface area (Å²) < 4.78 is 0.858. The summed E-state index contributed by atoms with van der Waals surface area (Å²) in [6, 6.07) is 2.51. The van der Waals surface area contributed by atoms with Gasteiger partial charge in [-0.3, -0.25) is 0 Å². The lowest BCUT2D eigenvalue weighted by molar-refractivity contribution is 0.473. The molecule has 1 heterocycles. The zero-order valence-electron chi connectivity index (χ0n) is 12.7. The summed E-state index contributed by atoms with van der Waals surface area (Å²) in [6.45, 7) is 6.43. The second-order valence-corrected chi connectivity index (χ2v) is 8.35. The number of hydrogen-bond acceptors (Lipinski definition) is 4. The first kappa shape index (κ1) is 16.1. The molecule has 2 unspecified atom stereocenters. The van der Waals surface area contributed by atoms with Crippen LogP contribution in [-0.2, 0) is 5.41 Å². The minimum absolute atomic E-state index is 0.0360. The van der Waals surface area contributed by atoms with Gasteiger partial charge in [0.25, 0.3) is 0 Å². The lowest BCUT2D eigenvalue weighted by Gasteiger charge is -2.31. The fourth-order valence-corrected chi connectivity index (χ4v) is 3.88. The van der Waals surface area contributed by atoms with Crippen LogP contribution in [0.3, 0.4) is 0 Å². The van der Waals surface area contributed by atoms with E-state index in [1.54, 1.807) is 0 Å². The van der Waals surface area contributed by atoms with Crippen LogP contribution in [0, 0.1) is 0 Å². The van der Waals surface area contributed by atoms with E-state index >= 15 is 0 Å². The van der Waals surface area contributed by atoms with Crippen LogP contribution in [0.1, 0.15) is 52.3 Å². The van der Waals surface area contributed by atoms with Gasteiger partial charge in [-0.1, -0.05) is 33.6 Å². The first-order valence-corrected chi connectivity index (χ1v) is 9.32. The maximum Gasteiger partial charge on any atom is 0.137 e. The highest BCUT2D eigenvalue weighted by molar-refractivity contribution is 9.10. The molecule has 2 atom stereocenters. The Kier molecular flexibility index (Phi) is 5.35. The number of anilines is 1. The van der Waals surface area contributed by atoms with E-state index in [9.17, 15) is 0 Å². The van der Waals surface area contributed by atoms with Crippen molar-refractivity contribution in [3.8, 4) is 0 Å². The fourth-order valence-electron chi connectivity index (χ4n) is 2.56. The van der Waals surface area contributed by atoms with Gasteiger partial charge in [0, 0.05) is 22.8 Å². The summed E-state index contributed by atoms with van der Waals surface area (Å²) in [5, 5.41) is 4.32. The Labute approximate surface area is 134 Å². The molecule has 1 aromatic rings. The maximum atomic E-state index is 4.71. The Hall–Kier alpha value is -0.290. The second-order valence-electron chi connectivity index (χ2n) is 6.46. The Balaban J connectivity index is 2.18. The van der Waals surface area contributed by atoms with E-state index in [0.717, 1.165) is 16.2 Å². The molecule has 0 amide bonds. The number of aromatic nitrogens is 2. The average Bonchev–Trinajstić information content (AvgIpc) is 2.37. The third kappa shape index (κ3) is 4.10. The highest BCUT2D eigenvalue weighted by Crippen LogP contribution is 2.30.